The summed E-state index contributed by atoms with van der Waals surface area (Å²) in [5.74, 6) is -2.00. The first-order valence-corrected chi connectivity index (χ1v) is 17.5. The van der Waals surface area contributed by atoms with Crippen molar-refractivity contribution in [1.82, 2.24) is 21.3 Å². The molecule has 0 spiro atoms. The van der Waals surface area contributed by atoms with Gasteiger partial charge < -0.3 is 21.3 Å². The maximum absolute atomic E-state index is 13.3. The molecule has 10 nitrogen and oxygen atoms in total. The SMILES string of the molecule is CCNC(=O)C(=O)[C@H](Cc1ccc(Br)cc1)NC(=O)[C@H](CC(C)C)NC(=O)CNC(=O)CCCCC1CCSS1=O. The van der Waals surface area contributed by atoms with Gasteiger partial charge in [-0.1, -0.05) is 59.1 Å². The Morgan fingerprint density at radius 2 is 1.71 bits per heavy atom. The fraction of sp³-hybridized carbons (Fsp3) is 0.607. The summed E-state index contributed by atoms with van der Waals surface area (Å²) in [6.07, 6.45) is 3.86. The lowest BCUT2D eigenvalue weighted by Gasteiger charge is -2.24. The van der Waals surface area contributed by atoms with E-state index in [1.165, 1.54) is 10.8 Å². The maximum Gasteiger partial charge on any atom is 0.289 e. The van der Waals surface area contributed by atoms with E-state index in [4.69, 9.17) is 0 Å². The number of rotatable bonds is 17. The topological polar surface area (TPSA) is 151 Å². The van der Waals surface area contributed by atoms with Crippen LogP contribution < -0.4 is 21.3 Å². The Kier molecular flexibility index (Phi) is 15.6. The predicted octanol–water partition coefficient (Wildman–Crippen LogP) is 2.56. The highest BCUT2D eigenvalue weighted by Crippen LogP contribution is 2.29. The third-order valence-corrected chi connectivity index (χ3v) is 10.6. The molecule has 1 fully saturated rings. The molecule has 1 aliphatic rings. The Balaban J connectivity index is 1.93. The molecule has 0 aliphatic carbocycles. The summed E-state index contributed by atoms with van der Waals surface area (Å²) in [5, 5.41) is 10.6. The second-order valence-electron chi connectivity index (χ2n) is 10.4. The van der Waals surface area contributed by atoms with Gasteiger partial charge in [0, 0.05) is 34.9 Å². The fourth-order valence-electron chi connectivity index (χ4n) is 4.31. The molecule has 1 aromatic carbocycles. The average Bonchev–Trinajstić information content (AvgIpc) is 3.34. The van der Waals surface area contributed by atoms with Crippen LogP contribution in [0.5, 0.6) is 0 Å². The molecule has 228 valence electrons. The number of likely N-dealkylation sites (N-methyl/N-ethyl adjacent to an activating group) is 1. The van der Waals surface area contributed by atoms with Crippen molar-refractivity contribution in [2.75, 3.05) is 18.8 Å². The Morgan fingerprint density at radius 3 is 2.32 bits per heavy atom. The molecule has 2 rings (SSSR count). The van der Waals surface area contributed by atoms with E-state index in [1.54, 1.807) is 31.2 Å². The Morgan fingerprint density at radius 1 is 1.00 bits per heavy atom. The molecule has 4 amide bonds. The van der Waals surface area contributed by atoms with Gasteiger partial charge in [-0.25, -0.2) is 4.21 Å². The summed E-state index contributed by atoms with van der Waals surface area (Å²) < 4.78 is 12.7. The van der Waals surface area contributed by atoms with Crippen LogP contribution in [0.25, 0.3) is 0 Å². The number of carbonyl (C=O) groups is 5. The Bertz CT molecular complexity index is 1090. The van der Waals surface area contributed by atoms with Crippen LogP contribution in [-0.2, 0) is 40.2 Å². The van der Waals surface area contributed by atoms with Crippen LogP contribution in [0.3, 0.4) is 0 Å². The normalized spacial score (nSPS) is 17.9. The van der Waals surface area contributed by atoms with Crippen molar-refractivity contribution in [1.29, 1.82) is 0 Å². The number of amides is 4. The number of Topliss-reactive ketones (excluding diaryl/α,β-unsaturated/α-hetero) is 1. The molecule has 0 aromatic heterocycles. The van der Waals surface area contributed by atoms with Gasteiger partial charge >= 0.3 is 0 Å². The molecular weight excluding hydrogens is 632 g/mol. The van der Waals surface area contributed by atoms with E-state index in [-0.39, 0.29) is 43.0 Å². The number of hydrogen-bond donors (Lipinski definition) is 4. The van der Waals surface area contributed by atoms with Crippen LogP contribution in [0.1, 0.15) is 64.9 Å². The van der Waals surface area contributed by atoms with Crippen molar-refractivity contribution >= 4 is 66.0 Å². The lowest BCUT2D eigenvalue weighted by atomic mass is 9.99. The number of halogens is 1. The minimum Gasteiger partial charge on any atom is -0.350 e. The first kappa shape index (κ1) is 34.9. The number of benzene rings is 1. The first-order valence-electron chi connectivity index (χ1n) is 14.0. The van der Waals surface area contributed by atoms with Crippen LogP contribution in [0, 0.1) is 5.92 Å². The van der Waals surface area contributed by atoms with Crippen molar-refractivity contribution in [2.45, 2.75) is 83.1 Å². The summed E-state index contributed by atoms with van der Waals surface area (Å²) in [5.41, 5.74) is 0.749. The summed E-state index contributed by atoms with van der Waals surface area (Å²) in [4.78, 5) is 63.4. The molecular formula is C28H41BrN4O6S2. The lowest BCUT2D eigenvalue weighted by molar-refractivity contribution is -0.140. The molecule has 4 N–H and O–H groups in total. The van der Waals surface area contributed by atoms with Gasteiger partial charge in [0.1, 0.15) is 12.1 Å². The van der Waals surface area contributed by atoms with E-state index in [0.717, 1.165) is 35.1 Å². The number of unbranched alkanes of at least 4 members (excludes halogenated alkanes) is 1. The van der Waals surface area contributed by atoms with Crippen LogP contribution in [-0.4, -0.2) is 69.8 Å². The summed E-state index contributed by atoms with van der Waals surface area (Å²) >= 11 is 3.36. The highest BCUT2D eigenvalue weighted by Gasteiger charge is 2.30. The highest BCUT2D eigenvalue weighted by molar-refractivity contribution is 9.10. The van der Waals surface area contributed by atoms with E-state index in [0.29, 0.717) is 12.8 Å². The van der Waals surface area contributed by atoms with Gasteiger partial charge in [-0.05, 0) is 56.2 Å². The molecule has 0 radical (unpaired) electrons. The third kappa shape index (κ3) is 13.1. The van der Waals surface area contributed by atoms with E-state index < -0.39 is 45.4 Å². The number of hydrogen-bond acceptors (Lipinski definition) is 7. The van der Waals surface area contributed by atoms with Gasteiger partial charge in [0.25, 0.3) is 5.91 Å². The standard InChI is InChI=1S/C28H41BrN4O6S2/c1-4-30-28(38)26(36)22(16-19-9-11-20(29)12-10-19)33-27(37)23(15-18(2)3)32-25(35)17-31-24(34)8-6-5-7-21-13-14-40-41(21)39/h9-12,18,21-23H,4-8,13-17H2,1-3H3,(H,30,38)(H,31,34)(H,32,35)(H,33,37)/t21?,22-,23-,41?/m0/s1. The van der Waals surface area contributed by atoms with E-state index in [1.807, 2.05) is 13.8 Å². The average molecular weight is 674 g/mol. The largest absolute Gasteiger partial charge is 0.350 e. The molecule has 2 unspecified atom stereocenters. The quantitative estimate of drug-likeness (QED) is 0.113. The van der Waals surface area contributed by atoms with Crippen molar-refractivity contribution in [3.05, 3.63) is 34.3 Å². The summed E-state index contributed by atoms with van der Waals surface area (Å²) in [6, 6.07) is 5.11. The van der Waals surface area contributed by atoms with Crippen molar-refractivity contribution in [3.8, 4) is 0 Å². The zero-order valence-corrected chi connectivity index (χ0v) is 27.1. The molecule has 1 heterocycles. The molecule has 1 aliphatic heterocycles. The zero-order valence-electron chi connectivity index (χ0n) is 23.8. The zero-order chi connectivity index (χ0) is 30.4. The second kappa shape index (κ2) is 18.3. The molecule has 1 aromatic rings. The van der Waals surface area contributed by atoms with Crippen LogP contribution in [0.2, 0.25) is 0 Å². The van der Waals surface area contributed by atoms with Gasteiger partial charge in [0.05, 0.1) is 16.4 Å². The van der Waals surface area contributed by atoms with E-state index in [2.05, 4.69) is 37.2 Å². The first-order chi connectivity index (χ1) is 19.5. The smallest absolute Gasteiger partial charge is 0.289 e. The van der Waals surface area contributed by atoms with E-state index >= 15 is 0 Å². The summed E-state index contributed by atoms with van der Waals surface area (Å²) in [6.45, 7) is 5.46. The van der Waals surface area contributed by atoms with Gasteiger partial charge in [-0.15, -0.1) is 0 Å². The predicted molar refractivity (Wildman–Crippen MR) is 165 cm³/mol. The third-order valence-electron chi connectivity index (χ3n) is 6.44. The van der Waals surface area contributed by atoms with Gasteiger partial charge in [-0.2, -0.15) is 0 Å². The molecule has 41 heavy (non-hydrogen) atoms. The molecule has 1 saturated heterocycles. The molecule has 4 atom stereocenters. The molecule has 0 saturated carbocycles. The van der Waals surface area contributed by atoms with Crippen molar-refractivity contribution in [3.63, 3.8) is 0 Å². The minimum absolute atomic E-state index is 0.0391. The van der Waals surface area contributed by atoms with Gasteiger partial charge in [0.2, 0.25) is 23.5 Å². The lowest BCUT2D eigenvalue weighted by Crippen LogP contribution is -2.55. The maximum atomic E-state index is 13.3. The number of ketones is 1. The molecule has 0 bridgehead atoms. The number of nitrogens with one attached hydrogen (secondary N) is 4. The van der Waals surface area contributed by atoms with Crippen LogP contribution in [0.4, 0.5) is 0 Å². The Hall–Kier alpha value is -2.25. The van der Waals surface area contributed by atoms with Gasteiger partial charge in [0.15, 0.2) is 0 Å². The van der Waals surface area contributed by atoms with Crippen molar-refractivity contribution in [2.24, 2.45) is 5.92 Å². The van der Waals surface area contributed by atoms with Gasteiger partial charge in [-0.3, -0.25) is 24.0 Å². The second-order valence-corrected chi connectivity index (χ2v) is 14.8. The highest BCUT2D eigenvalue weighted by atomic mass is 79.9. The van der Waals surface area contributed by atoms with Crippen molar-refractivity contribution < 1.29 is 28.2 Å². The summed E-state index contributed by atoms with van der Waals surface area (Å²) in [7, 11) is 0.653. The van der Waals surface area contributed by atoms with Crippen LogP contribution in [0.15, 0.2) is 28.7 Å². The Labute approximate surface area is 256 Å². The molecule has 13 heteroatoms. The minimum atomic E-state index is -1.12. The monoisotopic (exact) mass is 672 g/mol. The number of carbonyl (C=O) groups excluding carboxylic acids is 5. The van der Waals surface area contributed by atoms with Crippen LogP contribution >= 0.6 is 26.7 Å². The fourth-order valence-corrected chi connectivity index (χ4v) is 8.07. The van der Waals surface area contributed by atoms with E-state index in [9.17, 15) is 28.2 Å².